The van der Waals surface area contributed by atoms with E-state index in [4.69, 9.17) is 9.15 Å². The Morgan fingerprint density at radius 3 is 2.64 bits per heavy atom. The third-order valence-corrected chi connectivity index (χ3v) is 4.66. The van der Waals surface area contributed by atoms with Crippen LogP contribution in [0.4, 0.5) is 0 Å². The Hall–Kier alpha value is -2.37. The lowest BCUT2D eigenvalue weighted by atomic mass is 9.79. The van der Waals surface area contributed by atoms with Crippen molar-refractivity contribution in [1.82, 2.24) is 0 Å². The lowest BCUT2D eigenvalue weighted by Crippen LogP contribution is -2.42. The second-order valence-corrected chi connectivity index (χ2v) is 7.23. The van der Waals surface area contributed by atoms with Gasteiger partial charge in [-0.15, -0.1) is 6.58 Å². The van der Waals surface area contributed by atoms with Gasteiger partial charge in [0.25, 0.3) is 0 Å². The number of ether oxygens (including phenoxy) is 1. The molecule has 1 aromatic carbocycles. The molecule has 2 N–H and O–H groups in total. The van der Waals surface area contributed by atoms with Gasteiger partial charge in [-0.2, -0.15) is 0 Å². The molecule has 25 heavy (non-hydrogen) atoms. The molecular weight excluding hydrogens is 320 g/mol. The molecule has 0 saturated heterocycles. The quantitative estimate of drug-likeness (QED) is 0.662. The Morgan fingerprint density at radius 2 is 2.04 bits per heavy atom. The lowest BCUT2D eigenvalue weighted by Gasteiger charge is -2.35. The third kappa shape index (κ3) is 2.69. The highest BCUT2D eigenvalue weighted by Gasteiger charge is 2.40. The van der Waals surface area contributed by atoms with Crippen LogP contribution in [-0.4, -0.2) is 21.9 Å². The van der Waals surface area contributed by atoms with Crippen molar-refractivity contribution in [2.45, 2.75) is 44.8 Å². The first-order valence-corrected chi connectivity index (χ1v) is 8.10. The summed E-state index contributed by atoms with van der Waals surface area (Å²) in [6.45, 7) is 10.5. The number of aliphatic hydroxyl groups is 2. The van der Waals surface area contributed by atoms with Gasteiger partial charge in [0.2, 0.25) is 0 Å². The molecule has 3 rings (SSSR count). The number of aryl methyl sites for hydroxylation is 1. The minimum atomic E-state index is -1.41. The third-order valence-electron chi connectivity index (χ3n) is 4.66. The van der Waals surface area contributed by atoms with E-state index in [1.165, 1.54) is 13.8 Å². The molecule has 0 bridgehead atoms. The second-order valence-electron chi connectivity index (χ2n) is 7.23. The van der Waals surface area contributed by atoms with Gasteiger partial charge < -0.3 is 19.4 Å². The van der Waals surface area contributed by atoms with Crippen LogP contribution in [0.1, 0.15) is 31.9 Å². The van der Waals surface area contributed by atoms with Gasteiger partial charge in [-0.25, -0.2) is 4.79 Å². The molecule has 1 aromatic heterocycles. The van der Waals surface area contributed by atoms with E-state index in [1.54, 1.807) is 31.2 Å². The van der Waals surface area contributed by atoms with Crippen LogP contribution in [0.15, 0.2) is 51.9 Å². The van der Waals surface area contributed by atoms with Crippen LogP contribution in [-0.2, 0) is 5.41 Å². The SMILES string of the molecule is C=C[C@@]1(C)C=C(C(O)C(C)(C)O)Oc2c1c(=O)oc1cccc(C)c21. The molecule has 1 unspecified atom stereocenters. The molecule has 5 nitrogen and oxygen atoms in total. The molecule has 2 heterocycles. The van der Waals surface area contributed by atoms with Gasteiger partial charge in [0, 0.05) is 5.41 Å². The normalized spacial score (nSPS) is 21.3. The lowest BCUT2D eigenvalue weighted by molar-refractivity contribution is -0.0441. The summed E-state index contributed by atoms with van der Waals surface area (Å²) in [5, 5.41) is 21.3. The first-order valence-electron chi connectivity index (χ1n) is 8.10. The molecule has 1 aliphatic rings. The van der Waals surface area contributed by atoms with Crippen LogP contribution in [0.25, 0.3) is 11.0 Å². The number of hydrogen-bond donors (Lipinski definition) is 2. The molecule has 2 atom stereocenters. The van der Waals surface area contributed by atoms with Gasteiger partial charge >= 0.3 is 5.63 Å². The fraction of sp³-hybridized carbons (Fsp3) is 0.350. The Kier molecular flexibility index (Phi) is 3.89. The predicted octanol–water partition coefficient (Wildman–Crippen LogP) is 2.95. The number of hydrogen-bond acceptors (Lipinski definition) is 5. The van der Waals surface area contributed by atoms with E-state index in [1.807, 2.05) is 13.0 Å². The zero-order chi connectivity index (χ0) is 18.6. The highest BCUT2D eigenvalue weighted by molar-refractivity contribution is 5.89. The van der Waals surface area contributed by atoms with E-state index in [0.29, 0.717) is 22.3 Å². The number of rotatable bonds is 3. The number of aliphatic hydroxyl groups excluding tert-OH is 1. The monoisotopic (exact) mass is 342 g/mol. The first-order chi connectivity index (χ1) is 11.6. The van der Waals surface area contributed by atoms with Gasteiger partial charge in [0.15, 0.2) is 0 Å². The Labute approximate surface area is 145 Å². The van der Waals surface area contributed by atoms with E-state index in [0.717, 1.165) is 5.56 Å². The average molecular weight is 342 g/mol. The smallest absolute Gasteiger partial charge is 0.344 e. The van der Waals surface area contributed by atoms with E-state index in [-0.39, 0.29) is 5.76 Å². The Bertz CT molecular complexity index is 945. The van der Waals surface area contributed by atoms with Gasteiger partial charge in [-0.05, 0) is 45.4 Å². The zero-order valence-electron chi connectivity index (χ0n) is 14.8. The van der Waals surface area contributed by atoms with Crippen molar-refractivity contribution in [3.8, 4) is 5.75 Å². The molecule has 0 spiro atoms. The van der Waals surface area contributed by atoms with Crippen molar-refractivity contribution in [1.29, 1.82) is 0 Å². The molecule has 1 aliphatic heterocycles. The topological polar surface area (TPSA) is 79.9 Å². The Balaban J connectivity index is 2.36. The number of benzene rings is 1. The molecular formula is C20H22O5. The second kappa shape index (κ2) is 5.58. The van der Waals surface area contributed by atoms with E-state index >= 15 is 0 Å². The highest BCUT2D eigenvalue weighted by Crippen LogP contribution is 2.43. The fourth-order valence-corrected chi connectivity index (χ4v) is 3.11. The van der Waals surface area contributed by atoms with Crippen molar-refractivity contribution in [2.24, 2.45) is 0 Å². The van der Waals surface area contributed by atoms with E-state index in [2.05, 4.69) is 6.58 Å². The van der Waals surface area contributed by atoms with E-state index in [9.17, 15) is 15.0 Å². The predicted molar refractivity (Wildman–Crippen MR) is 95.8 cm³/mol. The van der Waals surface area contributed by atoms with Crippen LogP contribution in [0.3, 0.4) is 0 Å². The maximum absolute atomic E-state index is 12.6. The van der Waals surface area contributed by atoms with Crippen LogP contribution >= 0.6 is 0 Å². The maximum Gasteiger partial charge on any atom is 0.344 e. The molecule has 0 aliphatic carbocycles. The van der Waals surface area contributed by atoms with Crippen molar-refractivity contribution >= 4 is 11.0 Å². The molecule has 132 valence electrons. The summed E-state index contributed by atoms with van der Waals surface area (Å²) < 4.78 is 11.4. The standard InChI is InChI=1S/C20H22O5/c1-6-20(5)10-13(17(21)19(3,4)23)24-16-14-11(2)8-7-9-12(14)25-18(22)15(16)20/h6-10,17,21,23H,1H2,2-5H3/t17?,20-/m0/s1. The van der Waals surface area contributed by atoms with Crippen molar-refractivity contribution in [3.05, 3.63) is 64.2 Å². The van der Waals surface area contributed by atoms with Crippen LogP contribution in [0.5, 0.6) is 5.75 Å². The van der Waals surface area contributed by atoms with Crippen LogP contribution in [0.2, 0.25) is 0 Å². The van der Waals surface area contributed by atoms with Gasteiger partial charge in [-0.3, -0.25) is 0 Å². The number of fused-ring (bicyclic) bond motifs is 3. The molecule has 0 saturated carbocycles. The van der Waals surface area contributed by atoms with E-state index < -0.39 is 22.7 Å². The fourth-order valence-electron chi connectivity index (χ4n) is 3.11. The summed E-state index contributed by atoms with van der Waals surface area (Å²) >= 11 is 0. The zero-order valence-corrected chi connectivity index (χ0v) is 14.8. The molecule has 0 fully saturated rings. The molecule has 5 heteroatoms. The summed E-state index contributed by atoms with van der Waals surface area (Å²) in [5.41, 5.74) is -1.20. The van der Waals surface area contributed by atoms with Crippen molar-refractivity contribution < 1.29 is 19.4 Å². The molecule has 2 aromatic rings. The van der Waals surface area contributed by atoms with Crippen molar-refractivity contribution in [2.75, 3.05) is 0 Å². The summed E-state index contributed by atoms with van der Waals surface area (Å²) in [7, 11) is 0. The summed E-state index contributed by atoms with van der Waals surface area (Å²) in [6.07, 6.45) is 1.95. The minimum absolute atomic E-state index is 0.178. The largest absolute Gasteiger partial charge is 0.458 e. The highest BCUT2D eigenvalue weighted by atomic mass is 16.5. The van der Waals surface area contributed by atoms with Crippen molar-refractivity contribution in [3.63, 3.8) is 0 Å². The van der Waals surface area contributed by atoms with Gasteiger partial charge in [0.05, 0.1) is 16.6 Å². The Morgan fingerprint density at radius 1 is 1.36 bits per heavy atom. The maximum atomic E-state index is 12.6. The van der Waals surface area contributed by atoms with Crippen LogP contribution < -0.4 is 10.4 Å². The first kappa shape index (κ1) is 17.5. The summed E-state index contributed by atoms with van der Waals surface area (Å²) in [5.74, 6) is 0.519. The average Bonchev–Trinajstić information content (AvgIpc) is 2.52. The van der Waals surface area contributed by atoms with Gasteiger partial charge in [0.1, 0.15) is 23.2 Å². The summed E-state index contributed by atoms with van der Waals surface area (Å²) in [6, 6.07) is 5.38. The summed E-state index contributed by atoms with van der Waals surface area (Å²) in [4.78, 5) is 12.6. The van der Waals surface area contributed by atoms with Gasteiger partial charge in [-0.1, -0.05) is 18.2 Å². The number of allylic oxidation sites excluding steroid dienone is 2. The van der Waals surface area contributed by atoms with Crippen LogP contribution in [0, 0.1) is 6.92 Å². The minimum Gasteiger partial charge on any atom is -0.458 e. The molecule has 0 amide bonds. The molecule has 0 radical (unpaired) electrons.